The molecule has 1 aliphatic rings. The van der Waals surface area contributed by atoms with E-state index in [1.807, 2.05) is 31.2 Å². The van der Waals surface area contributed by atoms with Gasteiger partial charge in [-0.05, 0) is 36.8 Å². The van der Waals surface area contributed by atoms with Crippen LogP contribution >= 0.6 is 23.4 Å². The second-order valence-corrected chi connectivity index (χ2v) is 9.97. The van der Waals surface area contributed by atoms with Crippen LogP contribution in [0.1, 0.15) is 5.56 Å². The maximum absolute atomic E-state index is 12.8. The number of fused-ring (bicyclic) bond motifs is 3. The average molecular weight is 461 g/mol. The summed E-state index contributed by atoms with van der Waals surface area (Å²) in [4.78, 5) is 20.9. The van der Waals surface area contributed by atoms with E-state index in [1.165, 1.54) is 17.5 Å². The fourth-order valence-corrected chi connectivity index (χ4v) is 5.17. The minimum atomic E-state index is -3.76. The molecule has 0 fully saturated rings. The third-order valence-electron chi connectivity index (χ3n) is 4.68. The molecule has 30 heavy (non-hydrogen) atoms. The SMILES string of the molecule is Cc1ccccc1NC(=O)CSc1ncc2c(n1)-c1cc(Cl)ccc1N(C)S2(=O)=O. The number of rotatable bonds is 4. The summed E-state index contributed by atoms with van der Waals surface area (Å²) in [5.41, 5.74) is 3.07. The minimum Gasteiger partial charge on any atom is -0.325 e. The molecule has 4 rings (SSSR count). The normalized spacial score (nSPS) is 14.0. The van der Waals surface area contributed by atoms with Crippen molar-refractivity contribution in [1.29, 1.82) is 0 Å². The zero-order chi connectivity index (χ0) is 21.5. The third-order valence-corrected chi connectivity index (χ3v) is 7.54. The van der Waals surface area contributed by atoms with Gasteiger partial charge in [0.1, 0.15) is 4.90 Å². The largest absolute Gasteiger partial charge is 0.325 e. The lowest BCUT2D eigenvalue weighted by Gasteiger charge is -2.28. The van der Waals surface area contributed by atoms with Crippen LogP contribution in [0.25, 0.3) is 11.3 Å². The van der Waals surface area contributed by atoms with E-state index in [4.69, 9.17) is 11.6 Å². The standard InChI is InChI=1S/C20H17ClN4O3S2/c1-12-5-3-4-6-15(12)23-18(26)11-29-20-22-10-17-19(24-20)14-9-13(21)7-8-16(14)25(2)30(17,27)28/h3-10H,11H2,1-2H3,(H,23,26). The van der Waals surface area contributed by atoms with E-state index in [1.54, 1.807) is 18.2 Å². The number of halogens is 1. The quantitative estimate of drug-likeness (QED) is 0.467. The Morgan fingerprint density at radius 1 is 1.23 bits per heavy atom. The van der Waals surface area contributed by atoms with Crippen LogP contribution in [0.3, 0.4) is 0 Å². The maximum atomic E-state index is 12.8. The molecule has 1 amide bonds. The molecule has 2 heterocycles. The van der Waals surface area contributed by atoms with E-state index in [0.717, 1.165) is 23.0 Å². The van der Waals surface area contributed by atoms with Crippen molar-refractivity contribution in [3.63, 3.8) is 0 Å². The van der Waals surface area contributed by atoms with Crippen LogP contribution in [-0.4, -0.2) is 37.1 Å². The number of sulfonamides is 1. The summed E-state index contributed by atoms with van der Waals surface area (Å²) in [7, 11) is -2.29. The van der Waals surface area contributed by atoms with Crippen molar-refractivity contribution < 1.29 is 13.2 Å². The first-order valence-electron chi connectivity index (χ1n) is 8.91. The number of benzene rings is 2. The van der Waals surface area contributed by atoms with Gasteiger partial charge < -0.3 is 5.32 Å². The predicted molar refractivity (Wildman–Crippen MR) is 119 cm³/mol. The second kappa shape index (κ2) is 7.90. The van der Waals surface area contributed by atoms with E-state index in [2.05, 4.69) is 15.3 Å². The molecule has 1 aromatic heterocycles. The summed E-state index contributed by atoms with van der Waals surface area (Å²) in [5.74, 6) is -0.117. The summed E-state index contributed by atoms with van der Waals surface area (Å²) in [6.07, 6.45) is 1.28. The molecule has 7 nitrogen and oxygen atoms in total. The number of hydrogen-bond acceptors (Lipinski definition) is 6. The second-order valence-electron chi connectivity index (χ2n) is 6.65. The number of aryl methyl sites for hydroxylation is 1. The molecule has 0 atom stereocenters. The van der Waals surface area contributed by atoms with E-state index in [9.17, 15) is 13.2 Å². The zero-order valence-electron chi connectivity index (χ0n) is 16.1. The van der Waals surface area contributed by atoms with E-state index >= 15 is 0 Å². The lowest BCUT2D eigenvalue weighted by Crippen LogP contribution is -2.31. The molecule has 0 radical (unpaired) electrons. The number of carbonyl (C=O) groups excluding carboxylic acids is 1. The van der Waals surface area contributed by atoms with Crippen LogP contribution in [0.4, 0.5) is 11.4 Å². The molecule has 0 spiro atoms. The first-order valence-corrected chi connectivity index (χ1v) is 11.7. The van der Waals surface area contributed by atoms with Crippen LogP contribution in [0, 0.1) is 6.92 Å². The Kier molecular flexibility index (Phi) is 5.44. The number of nitrogens with one attached hydrogen (secondary N) is 1. The smallest absolute Gasteiger partial charge is 0.267 e. The number of hydrogen-bond donors (Lipinski definition) is 1. The van der Waals surface area contributed by atoms with Gasteiger partial charge in [-0.1, -0.05) is 41.6 Å². The fraction of sp³-hybridized carbons (Fsp3) is 0.150. The summed E-state index contributed by atoms with van der Waals surface area (Å²) in [6, 6.07) is 12.4. The third kappa shape index (κ3) is 3.76. The Balaban J connectivity index is 1.60. The van der Waals surface area contributed by atoms with Gasteiger partial charge in [0.25, 0.3) is 10.0 Å². The van der Waals surface area contributed by atoms with Gasteiger partial charge in [0.05, 0.1) is 23.3 Å². The molecule has 1 aliphatic heterocycles. The average Bonchev–Trinajstić information content (AvgIpc) is 2.72. The number of amides is 1. The van der Waals surface area contributed by atoms with Crippen LogP contribution in [0.2, 0.25) is 5.02 Å². The minimum absolute atomic E-state index is 0.00785. The van der Waals surface area contributed by atoms with Crippen molar-refractivity contribution in [2.75, 3.05) is 22.4 Å². The summed E-state index contributed by atoms with van der Waals surface area (Å²) in [6.45, 7) is 1.91. The van der Waals surface area contributed by atoms with Gasteiger partial charge in [-0.3, -0.25) is 9.10 Å². The van der Waals surface area contributed by atoms with E-state index < -0.39 is 10.0 Å². The molecule has 0 aliphatic carbocycles. The van der Waals surface area contributed by atoms with Gasteiger partial charge in [0, 0.05) is 23.3 Å². The topological polar surface area (TPSA) is 92.3 Å². The van der Waals surface area contributed by atoms with Gasteiger partial charge >= 0.3 is 0 Å². The molecule has 10 heteroatoms. The van der Waals surface area contributed by atoms with Crippen molar-refractivity contribution in [1.82, 2.24) is 9.97 Å². The van der Waals surface area contributed by atoms with Gasteiger partial charge in [0.2, 0.25) is 5.91 Å². The van der Waals surface area contributed by atoms with Gasteiger partial charge in [-0.25, -0.2) is 18.4 Å². The fourth-order valence-electron chi connectivity index (χ4n) is 3.08. The molecule has 0 bridgehead atoms. The predicted octanol–water partition coefficient (Wildman–Crippen LogP) is 3.97. The van der Waals surface area contributed by atoms with Crippen molar-refractivity contribution in [2.24, 2.45) is 0 Å². The molecule has 0 saturated carbocycles. The summed E-state index contributed by atoms with van der Waals surface area (Å²) < 4.78 is 26.8. The number of aromatic nitrogens is 2. The van der Waals surface area contributed by atoms with Crippen LogP contribution in [0.15, 0.2) is 58.7 Å². The van der Waals surface area contributed by atoms with Crippen molar-refractivity contribution in [3.8, 4) is 11.3 Å². The van der Waals surface area contributed by atoms with Crippen LogP contribution in [-0.2, 0) is 14.8 Å². The van der Waals surface area contributed by atoms with Crippen LogP contribution in [0.5, 0.6) is 0 Å². The summed E-state index contributed by atoms with van der Waals surface area (Å²) >= 11 is 7.26. The number of carbonyl (C=O) groups is 1. The van der Waals surface area contributed by atoms with Crippen molar-refractivity contribution in [3.05, 3.63) is 59.2 Å². The van der Waals surface area contributed by atoms with E-state index in [-0.39, 0.29) is 22.2 Å². The van der Waals surface area contributed by atoms with Crippen LogP contribution < -0.4 is 9.62 Å². The molecule has 2 aromatic carbocycles. The Hall–Kier alpha value is -2.62. The number of nitrogens with zero attached hydrogens (tertiary/aromatic N) is 3. The lowest BCUT2D eigenvalue weighted by atomic mass is 10.1. The first-order chi connectivity index (χ1) is 14.3. The van der Waals surface area contributed by atoms with Gasteiger partial charge in [-0.15, -0.1) is 0 Å². The zero-order valence-corrected chi connectivity index (χ0v) is 18.5. The lowest BCUT2D eigenvalue weighted by molar-refractivity contribution is -0.113. The summed E-state index contributed by atoms with van der Waals surface area (Å²) in [5, 5.41) is 3.62. The van der Waals surface area contributed by atoms with Crippen molar-refractivity contribution >= 4 is 50.7 Å². The first kappa shape index (κ1) is 20.6. The Labute approximate surface area is 183 Å². The molecule has 0 unspecified atom stereocenters. The Morgan fingerprint density at radius 2 is 2.00 bits per heavy atom. The highest BCUT2D eigenvalue weighted by Gasteiger charge is 2.34. The number of anilines is 2. The highest BCUT2D eigenvalue weighted by Crippen LogP contribution is 2.42. The molecule has 1 N–H and O–H groups in total. The molecular formula is C20H17ClN4O3S2. The highest BCUT2D eigenvalue weighted by atomic mass is 35.5. The number of para-hydroxylation sites is 1. The Morgan fingerprint density at radius 3 is 2.77 bits per heavy atom. The monoisotopic (exact) mass is 460 g/mol. The maximum Gasteiger partial charge on any atom is 0.267 e. The number of thioether (sulfide) groups is 1. The van der Waals surface area contributed by atoms with Crippen molar-refractivity contribution in [2.45, 2.75) is 17.0 Å². The molecule has 3 aromatic rings. The van der Waals surface area contributed by atoms with Gasteiger partial charge in [-0.2, -0.15) is 0 Å². The molecule has 0 saturated heterocycles. The highest BCUT2D eigenvalue weighted by molar-refractivity contribution is 7.99. The molecular weight excluding hydrogens is 444 g/mol. The Bertz CT molecular complexity index is 1260. The molecule has 154 valence electrons. The van der Waals surface area contributed by atoms with Gasteiger partial charge in [0.15, 0.2) is 5.16 Å². The van der Waals surface area contributed by atoms with E-state index in [0.29, 0.717) is 21.4 Å².